The highest BCUT2D eigenvalue weighted by Crippen LogP contribution is 2.21. The van der Waals surface area contributed by atoms with Gasteiger partial charge in [0.15, 0.2) is 0 Å². The van der Waals surface area contributed by atoms with Crippen LogP contribution in [0.15, 0.2) is 59.8 Å². The van der Waals surface area contributed by atoms with Crippen molar-refractivity contribution in [1.82, 2.24) is 9.55 Å². The van der Waals surface area contributed by atoms with E-state index in [0.717, 1.165) is 49.4 Å². The third-order valence-corrected chi connectivity index (χ3v) is 5.67. The number of carbonyl (C=O) groups excluding carboxylic acids is 1. The molecule has 2 aromatic heterocycles. The van der Waals surface area contributed by atoms with Crippen molar-refractivity contribution in [2.24, 2.45) is 5.92 Å². The van der Waals surface area contributed by atoms with Crippen LogP contribution in [0.4, 0.5) is 5.69 Å². The van der Waals surface area contributed by atoms with Crippen LogP contribution >= 0.6 is 0 Å². The van der Waals surface area contributed by atoms with Gasteiger partial charge in [-0.1, -0.05) is 29.8 Å². The summed E-state index contributed by atoms with van der Waals surface area (Å²) in [5.74, 6) is 0.0321. The summed E-state index contributed by atoms with van der Waals surface area (Å²) >= 11 is 0. The number of benzene rings is 1. The Bertz CT molecular complexity index is 1110. The zero-order valence-corrected chi connectivity index (χ0v) is 17.9. The molecule has 3 heterocycles. The highest BCUT2D eigenvalue weighted by molar-refractivity contribution is 6.04. The van der Waals surface area contributed by atoms with Crippen LogP contribution in [0, 0.1) is 19.8 Å². The molecule has 0 spiro atoms. The Morgan fingerprint density at radius 1 is 1.10 bits per heavy atom. The molecular weight excluding hydrogens is 390 g/mol. The molecule has 1 saturated heterocycles. The first-order valence-corrected chi connectivity index (χ1v) is 10.6. The maximum atomic E-state index is 13.3. The highest BCUT2D eigenvalue weighted by atomic mass is 16.5. The Labute approximate surface area is 181 Å². The Balaban J connectivity index is 1.71. The maximum absolute atomic E-state index is 13.3. The minimum Gasteiger partial charge on any atom is -0.381 e. The van der Waals surface area contributed by atoms with E-state index in [0.29, 0.717) is 17.2 Å². The summed E-state index contributed by atoms with van der Waals surface area (Å²) in [7, 11) is 0. The van der Waals surface area contributed by atoms with E-state index in [-0.39, 0.29) is 11.0 Å². The number of aromatic nitrogens is 2. The molecule has 4 rings (SSSR count). The fourth-order valence-corrected chi connectivity index (χ4v) is 3.80. The normalized spacial score (nSPS) is 14.4. The number of pyridine rings is 2. The minimum atomic E-state index is -0.426. The molecule has 1 N–H and O–H groups in total. The first kappa shape index (κ1) is 21.0. The molecule has 1 aliphatic rings. The molecule has 0 bridgehead atoms. The van der Waals surface area contributed by atoms with E-state index >= 15 is 0 Å². The van der Waals surface area contributed by atoms with Crippen LogP contribution in [0.3, 0.4) is 0 Å². The van der Waals surface area contributed by atoms with Crippen molar-refractivity contribution >= 4 is 11.6 Å². The van der Waals surface area contributed by atoms with Crippen LogP contribution in [0.2, 0.25) is 0 Å². The van der Waals surface area contributed by atoms with Crippen molar-refractivity contribution in [3.05, 3.63) is 82.0 Å². The summed E-state index contributed by atoms with van der Waals surface area (Å²) in [5, 5.41) is 2.81. The van der Waals surface area contributed by atoms with Crippen molar-refractivity contribution in [3.63, 3.8) is 0 Å². The molecule has 1 amide bonds. The summed E-state index contributed by atoms with van der Waals surface area (Å²) in [6.45, 7) is 6.14. The lowest BCUT2D eigenvalue weighted by Crippen LogP contribution is -2.26. The standard InChI is InChI=1S/C25H27N3O3/c1-17-3-6-20(7-4-17)22-15-28(14-19-9-11-31-12-10-19)16-23(24(22)29)25(30)27-21-8-5-18(2)26-13-21/h3-8,13,15-16,19H,9-12,14H2,1-2H3,(H,27,30). The van der Waals surface area contributed by atoms with Crippen molar-refractivity contribution in [3.8, 4) is 11.1 Å². The number of anilines is 1. The summed E-state index contributed by atoms with van der Waals surface area (Å²) in [6.07, 6.45) is 7.09. The first-order valence-electron chi connectivity index (χ1n) is 10.6. The van der Waals surface area contributed by atoms with Gasteiger partial charge in [0.25, 0.3) is 5.91 Å². The molecule has 31 heavy (non-hydrogen) atoms. The monoisotopic (exact) mass is 417 g/mol. The number of hydrogen-bond donors (Lipinski definition) is 1. The number of aryl methyl sites for hydroxylation is 2. The molecule has 0 unspecified atom stereocenters. The SMILES string of the molecule is Cc1ccc(-c2cn(CC3CCOCC3)cc(C(=O)Nc3ccc(C)nc3)c2=O)cc1. The van der Waals surface area contributed by atoms with Crippen LogP contribution < -0.4 is 10.7 Å². The molecule has 0 atom stereocenters. The predicted octanol–water partition coefficient (Wildman–Crippen LogP) is 4.21. The minimum absolute atomic E-state index is 0.130. The van der Waals surface area contributed by atoms with Gasteiger partial charge in [-0.25, -0.2) is 0 Å². The fraction of sp³-hybridized carbons (Fsp3) is 0.320. The fourth-order valence-electron chi connectivity index (χ4n) is 3.80. The van der Waals surface area contributed by atoms with E-state index in [4.69, 9.17) is 4.74 Å². The summed E-state index contributed by atoms with van der Waals surface area (Å²) in [5.41, 5.74) is 3.73. The number of nitrogens with one attached hydrogen (secondary N) is 1. The first-order chi connectivity index (χ1) is 15.0. The van der Waals surface area contributed by atoms with Gasteiger partial charge >= 0.3 is 0 Å². The van der Waals surface area contributed by atoms with Gasteiger partial charge in [-0.15, -0.1) is 0 Å². The second-order valence-corrected chi connectivity index (χ2v) is 8.18. The number of nitrogens with zero attached hydrogens (tertiary/aromatic N) is 2. The van der Waals surface area contributed by atoms with E-state index in [1.165, 1.54) is 0 Å². The Kier molecular flexibility index (Phi) is 6.28. The molecule has 1 aromatic carbocycles. The topological polar surface area (TPSA) is 73.2 Å². The lowest BCUT2D eigenvalue weighted by molar-refractivity contribution is 0.0612. The van der Waals surface area contributed by atoms with Crippen LogP contribution in [0.25, 0.3) is 11.1 Å². The molecule has 6 heteroatoms. The Morgan fingerprint density at radius 2 is 1.84 bits per heavy atom. The lowest BCUT2D eigenvalue weighted by atomic mass is 9.99. The predicted molar refractivity (Wildman–Crippen MR) is 121 cm³/mol. The number of ether oxygens (including phenoxy) is 1. The smallest absolute Gasteiger partial charge is 0.261 e. The summed E-state index contributed by atoms with van der Waals surface area (Å²) in [4.78, 5) is 30.5. The van der Waals surface area contributed by atoms with Gasteiger partial charge in [0.1, 0.15) is 5.56 Å². The number of carbonyl (C=O) groups is 1. The molecule has 0 aliphatic carbocycles. The maximum Gasteiger partial charge on any atom is 0.261 e. The van der Waals surface area contributed by atoms with Gasteiger partial charge in [0.05, 0.1) is 11.9 Å². The van der Waals surface area contributed by atoms with Crippen LogP contribution in [0.5, 0.6) is 0 Å². The quantitative estimate of drug-likeness (QED) is 0.675. The van der Waals surface area contributed by atoms with E-state index in [2.05, 4.69) is 10.3 Å². The molecule has 6 nitrogen and oxygen atoms in total. The third-order valence-electron chi connectivity index (χ3n) is 5.67. The van der Waals surface area contributed by atoms with Gasteiger partial charge in [0, 0.05) is 43.4 Å². The van der Waals surface area contributed by atoms with Crippen LogP contribution in [0.1, 0.15) is 34.5 Å². The van der Waals surface area contributed by atoms with Crippen molar-refractivity contribution < 1.29 is 9.53 Å². The second-order valence-electron chi connectivity index (χ2n) is 8.18. The molecular formula is C25H27N3O3. The van der Waals surface area contributed by atoms with E-state index < -0.39 is 5.91 Å². The molecule has 1 fully saturated rings. The molecule has 0 saturated carbocycles. The Hall–Kier alpha value is -3.25. The van der Waals surface area contributed by atoms with Crippen molar-refractivity contribution in [2.75, 3.05) is 18.5 Å². The van der Waals surface area contributed by atoms with Crippen molar-refractivity contribution in [2.45, 2.75) is 33.2 Å². The van der Waals surface area contributed by atoms with Gasteiger partial charge < -0.3 is 14.6 Å². The number of rotatable bonds is 5. The molecule has 0 radical (unpaired) electrons. The average molecular weight is 418 g/mol. The van der Waals surface area contributed by atoms with Crippen LogP contribution in [-0.2, 0) is 11.3 Å². The molecule has 1 aliphatic heterocycles. The van der Waals surface area contributed by atoms with Gasteiger partial charge in [-0.3, -0.25) is 14.6 Å². The van der Waals surface area contributed by atoms with Crippen molar-refractivity contribution in [1.29, 1.82) is 0 Å². The largest absolute Gasteiger partial charge is 0.381 e. The van der Waals surface area contributed by atoms with E-state index in [1.54, 1.807) is 18.5 Å². The van der Waals surface area contributed by atoms with E-state index in [1.807, 2.05) is 54.9 Å². The zero-order valence-electron chi connectivity index (χ0n) is 17.9. The molecule has 160 valence electrons. The number of amides is 1. The summed E-state index contributed by atoms with van der Waals surface area (Å²) < 4.78 is 7.45. The average Bonchev–Trinajstić information content (AvgIpc) is 2.78. The van der Waals surface area contributed by atoms with Crippen LogP contribution in [-0.4, -0.2) is 28.7 Å². The van der Waals surface area contributed by atoms with Gasteiger partial charge in [-0.2, -0.15) is 0 Å². The Morgan fingerprint density at radius 3 is 2.52 bits per heavy atom. The highest BCUT2D eigenvalue weighted by Gasteiger charge is 2.19. The second kappa shape index (κ2) is 9.27. The lowest BCUT2D eigenvalue weighted by Gasteiger charge is -2.23. The number of hydrogen-bond acceptors (Lipinski definition) is 4. The molecule has 3 aromatic rings. The third kappa shape index (κ3) is 5.09. The van der Waals surface area contributed by atoms with E-state index in [9.17, 15) is 9.59 Å². The van der Waals surface area contributed by atoms with Gasteiger partial charge in [0.2, 0.25) is 5.43 Å². The summed E-state index contributed by atoms with van der Waals surface area (Å²) in [6, 6.07) is 11.4. The zero-order chi connectivity index (χ0) is 21.8. The van der Waals surface area contributed by atoms with Gasteiger partial charge in [-0.05, 0) is 50.3 Å².